The van der Waals surface area contributed by atoms with E-state index in [-0.39, 0.29) is 12.6 Å². The lowest BCUT2D eigenvalue weighted by Gasteiger charge is -2.34. The molecule has 0 aliphatic carbocycles. The summed E-state index contributed by atoms with van der Waals surface area (Å²) in [5, 5.41) is 3.24. The van der Waals surface area contributed by atoms with E-state index >= 15 is 0 Å². The summed E-state index contributed by atoms with van der Waals surface area (Å²) in [6, 6.07) is 1.73. The van der Waals surface area contributed by atoms with Gasteiger partial charge in [0.1, 0.15) is 6.33 Å². The van der Waals surface area contributed by atoms with E-state index in [1.807, 2.05) is 6.92 Å². The summed E-state index contributed by atoms with van der Waals surface area (Å²) in [4.78, 5) is 7.85. The van der Waals surface area contributed by atoms with Crippen LogP contribution in [0.25, 0.3) is 0 Å². The number of piperidine rings is 1. The molecule has 1 aliphatic rings. The first-order valence-electron chi connectivity index (χ1n) is 7.35. The summed E-state index contributed by atoms with van der Waals surface area (Å²) in [7, 11) is -3.48. The highest BCUT2D eigenvalue weighted by atomic mass is 32.2. The second-order valence-corrected chi connectivity index (χ2v) is 6.80. The molecule has 1 aliphatic heterocycles. The molecule has 0 aromatic carbocycles. The molecule has 8 heteroatoms. The van der Waals surface area contributed by atoms with Crippen LogP contribution in [0.15, 0.2) is 18.6 Å². The Labute approximate surface area is 126 Å². The molecule has 1 fully saturated rings. The minimum absolute atomic E-state index is 0.0293. The lowest BCUT2D eigenvalue weighted by Crippen LogP contribution is -2.52. The molecule has 2 N–H and O–H groups in total. The summed E-state index contributed by atoms with van der Waals surface area (Å²) in [5.41, 5.74) is 0.661. The number of hydrogen-bond donors (Lipinski definition) is 2. The molecule has 1 atom stereocenters. The van der Waals surface area contributed by atoms with Crippen molar-refractivity contribution >= 4 is 10.2 Å². The Balaban J connectivity index is 1.98. The van der Waals surface area contributed by atoms with Crippen molar-refractivity contribution in [3.05, 3.63) is 24.3 Å². The van der Waals surface area contributed by atoms with E-state index in [9.17, 15) is 8.42 Å². The van der Waals surface area contributed by atoms with Crippen LogP contribution in [0.3, 0.4) is 0 Å². The molecule has 2 heterocycles. The smallest absolute Gasteiger partial charge is 0.280 e. The normalized spacial score (nSPS) is 20.5. The lowest BCUT2D eigenvalue weighted by atomic mass is 10.1. The summed E-state index contributed by atoms with van der Waals surface area (Å²) < 4.78 is 29.2. The molecule has 1 aromatic heterocycles. The van der Waals surface area contributed by atoms with E-state index in [1.54, 1.807) is 16.6 Å². The van der Waals surface area contributed by atoms with Gasteiger partial charge in [-0.15, -0.1) is 0 Å². The monoisotopic (exact) mass is 313 g/mol. The molecule has 1 unspecified atom stereocenters. The standard InChI is InChI=1S/C13H23N5O2S/c1-2-14-10-13-5-3-4-8-18(13)21(19,20)17-9-12-6-7-15-11-16-12/h6-7,11,13-14,17H,2-5,8-10H2,1H3. The van der Waals surface area contributed by atoms with Gasteiger partial charge >= 0.3 is 0 Å². The molecule has 0 radical (unpaired) electrons. The van der Waals surface area contributed by atoms with Crippen molar-refractivity contribution in [2.45, 2.75) is 38.8 Å². The van der Waals surface area contributed by atoms with Crippen molar-refractivity contribution in [2.75, 3.05) is 19.6 Å². The van der Waals surface area contributed by atoms with Gasteiger partial charge in [0.15, 0.2) is 0 Å². The van der Waals surface area contributed by atoms with E-state index < -0.39 is 10.2 Å². The Kier molecular flexibility index (Phi) is 6.04. The first kappa shape index (κ1) is 16.3. The van der Waals surface area contributed by atoms with Crippen LogP contribution < -0.4 is 10.0 Å². The lowest BCUT2D eigenvalue weighted by molar-refractivity contribution is 0.243. The summed E-state index contributed by atoms with van der Waals surface area (Å²) in [5.74, 6) is 0. The van der Waals surface area contributed by atoms with Gasteiger partial charge in [-0.3, -0.25) is 0 Å². The van der Waals surface area contributed by atoms with Crippen LogP contribution >= 0.6 is 0 Å². The molecule has 0 saturated carbocycles. The highest BCUT2D eigenvalue weighted by molar-refractivity contribution is 7.87. The van der Waals surface area contributed by atoms with Gasteiger partial charge in [-0.25, -0.2) is 9.97 Å². The van der Waals surface area contributed by atoms with Gasteiger partial charge in [0.25, 0.3) is 10.2 Å². The maximum atomic E-state index is 12.5. The van der Waals surface area contributed by atoms with Gasteiger partial charge in [0.2, 0.25) is 0 Å². The zero-order chi connectivity index (χ0) is 15.1. The van der Waals surface area contributed by atoms with Crippen molar-refractivity contribution in [2.24, 2.45) is 0 Å². The number of nitrogens with one attached hydrogen (secondary N) is 2. The van der Waals surface area contributed by atoms with Gasteiger partial charge in [0.05, 0.1) is 12.2 Å². The molecule has 118 valence electrons. The Morgan fingerprint density at radius 3 is 3.00 bits per heavy atom. The molecule has 7 nitrogen and oxygen atoms in total. The molecular weight excluding hydrogens is 290 g/mol. The quantitative estimate of drug-likeness (QED) is 0.755. The number of likely N-dealkylation sites (N-methyl/N-ethyl adjacent to an activating group) is 1. The molecular formula is C13H23N5O2S. The van der Waals surface area contributed by atoms with Gasteiger partial charge in [-0.2, -0.15) is 17.4 Å². The first-order chi connectivity index (χ1) is 10.1. The highest BCUT2D eigenvalue weighted by Crippen LogP contribution is 2.19. The van der Waals surface area contributed by atoms with Crippen molar-refractivity contribution in [1.82, 2.24) is 24.3 Å². The van der Waals surface area contributed by atoms with Crippen LogP contribution in [0.2, 0.25) is 0 Å². The predicted octanol–water partition coefficient (Wildman–Crippen LogP) is 0.275. The number of rotatable bonds is 7. The first-order valence-corrected chi connectivity index (χ1v) is 8.79. The van der Waals surface area contributed by atoms with Crippen molar-refractivity contribution in [3.63, 3.8) is 0 Å². The number of hydrogen-bond acceptors (Lipinski definition) is 5. The second kappa shape index (κ2) is 7.79. The molecule has 0 bridgehead atoms. The van der Waals surface area contributed by atoms with Crippen LogP contribution in [0.4, 0.5) is 0 Å². The summed E-state index contributed by atoms with van der Waals surface area (Å²) in [6.07, 6.45) is 5.91. The van der Waals surface area contributed by atoms with Gasteiger partial charge in [0, 0.05) is 25.3 Å². The SMILES string of the molecule is CCNCC1CCCCN1S(=O)(=O)NCc1ccncn1. The largest absolute Gasteiger partial charge is 0.315 e. The Morgan fingerprint density at radius 1 is 1.43 bits per heavy atom. The third-order valence-corrected chi connectivity index (χ3v) is 5.20. The minimum atomic E-state index is -3.48. The van der Waals surface area contributed by atoms with Crippen LogP contribution in [-0.4, -0.2) is 48.4 Å². The highest BCUT2D eigenvalue weighted by Gasteiger charge is 2.31. The van der Waals surface area contributed by atoms with Gasteiger partial charge < -0.3 is 5.32 Å². The fraction of sp³-hybridized carbons (Fsp3) is 0.692. The third kappa shape index (κ3) is 4.70. The van der Waals surface area contributed by atoms with Crippen LogP contribution in [0, 0.1) is 0 Å². The van der Waals surface area contributed by atoms with E-state index in [0.29, 0.717) is 18.8 Å². The maximum absolute atomic E-state index is 12.5. The Morgan fingerprint density at radius 2 is 2.29 bits per heavy atom. The Bertz CT molecular complexity index is 523. The van der Waals surface area contributed by atoms with Crippen molar-refractivity contribution in [3.8, 4) is 0 Å². The summed E-state index contributed by atoms with van der Waals surface area (Å²) >= 11 is 0. The Hall–Kier alpha value is -1.09. The predicted molar refractivity (Wildman–Crippen MR) is 80.7 cm³/mol. The fourth-order valence-corrected chi connectivity index (χ4v) is 3.91. The number of aromatic nitrogens is 2. The zero-order valence-electron chi connectivity index (χ0n) is 12.3. The molecule has 1 aromatic rings. The van der Waals surface area contributed by atoms with E-state index in [4.69, 9.17) is 0 Å². The number of nitrogens with zero attached hydrogens (tertiary/aromatic N) is 3. The average molecular weight is 313 g/mol. The summed E-state index contributed by atoms with van der Waals surface area (Å²) in [6.45, 7) is 4.34. The van der Waals surface area contributed by atoms with E-state index in [1.165, 1.54) is 6.33 Å². The minimum Gasteiger partial charge on any atom is -0.315 e. The molecule has 21 heavy (non-hydrogen) atoms. The second-order valence-electron chi connectivity index (χ2n) is 5.09. The van der Waals surface area contributed by atoms with E-state index in [0.717, 1.165) is 25.8 Å². The molecule has 0 amide bonds. The zero-order valence-corrected chi connectivity index (χ0v) is 13.1. The molecule has 2 rings (SSSR count). The van der Waals surface area contributed by atoms with Gasteiger partial charge in [-0.1, -0.05) is 13.3 Å². The van der Waals surface area contributed by atoms with Crippen LogP contribution in [0.1, 0.15) is 31.9 Å². The van der Waals surface area contributed by atoms with Crippen molar-refractivity contribution < 1.29 is 8.42 Å². The van der Waals surface area contributed by atoms with Crippen LogP contribution in [-0.2, 0) is 16.8 Å². The fourth-order valence-electron chi connectivity index (χ4n) is 2.48. The maximum Gasteiger partial charge on any atom is 0.280 e. The van der Waals surface area contributed by atoms with E-state index in [2.05, 4.69) is 20.0 Å². The average Bonchev–Trinajstić information content (AvgIpc) is 2.52. The topological polar surface area (TPSA) is 87.2 Å². The van der Waals surface area contributed by atoms with Gasteiger partial charge in [-0.05, 0) is 25.5 Å². The molecule has 0 spiro atoms. The van der Waals surface area contributed by atoms with Crippen LogP contribution in [0.5, 0.6) is 0 Å². The molecule has 1 saturated heterocycles. The third-order valence-electron chi connectivity index (χ3n) is 3.59. The van der Waals surface area contributed by atoms with Crippen molar-refractivity contribution in [1.29, 1.82) is 0 Å².